The maximum atomic E-state index is 12.8. The highest BCUT2D eigenvalue weighted by molar-refractivity contribution is 6.27. The Morgan fingerprint density at radius 3 is 2.58 bits per heavy atom. The molecular formula is C22H20N2O2. The van der Waals surface area contributed by atoms with E-state index < -0.39 is 0 Å². The second kappa shape index (κ2) is 6.64. The molecule has 0 aromatic heterocycles. The molecule has 4 rings (SSSR count). The molecule has 4 nitrogen and oxygen atoms in total. The zero-order chi connectivity index (χ0) is 18.1. The second-order valence-corrected chi connectivity index (χ2v) is 6.49. The van der Waals surface area contributed by atoms with Crippen LogP contribution in [-0.2, 0) is 0 Å². The molecule has 3 aromatic carbocycles. The average Bonchev–Trinajstić information content (AvgIpc) is 2.96. The summed E-state index contributed by atoms with van der Waals surface area (Å²) in [5.41, 5.74) is 2.98. The van der Waals surface area contributed by atoms with Crippen molar-refractivity contribution in [3.8, 4) is 0 Å². The normalized spacial score (nSPS) is 12.7. The topological polar surface area (TPSA) is 49.4 Å². The van der Waals surface area contributed by atoms with Crippen LogP contribution < -0.4 is 10.2 Å². The molecule has 0 radical (unpaired) electrons. The van der Waals surface area contributed by atoms with E-state index in [0.717, 1.165) is 41.5 Å². The van der Waals surface area contributed by atoms with Crippen molar-refractivity contribution in [3.05, 3.63) is 71.8 Å². The van der Waals surface area contributed by atoms with Gasteiger partial charge in [-0.05, 0) is 36.8 Å². The van der Waals surface area contributed by atoms with E-state index in [1.54, 1.807) is 12.1 Å². The van der Waals surface area contributed by atoms with E-state index >= 15 is 0 Å². The Labute approximate surface area is 152 Å². The Balaban J connectivity index is 1.75. The lowest BCUT2D eigenvalue weighted by molar-refractivity contribution is 0.0991. The predicted molar refractivity (Wildman–Crippen MR) is 105 cm³/mol. The van der Waals surface area contributed by atoms with Crippen molar-refractivity contribution in [1.29, 1.82) is 0 Å². The number of nitrogens with zero attached hydrogens (tertiary/aromatic N) is 1. The first-order chi connectivity index (χ1) is 12.7. The third-order valence-corrected chi connectivity index (χ3v) is 4.80. The molecule has 0 saturated heterocycles. The van der Waals surface area contributed by atoms with Crippen LogP contribution in [0.4, 0.5) is 11.4 Å². The zero-order valence-corrected chi connectivity index (χ0v) is 14.7. The number of benzene rings is 3. The maximum absolute atomic E-state index is 12.8. The molecule has 130 valence electrons. The molecule has 1 aliphatic rings. The number of carbonyl (C=O) groups is 2. The smallest absolute Gasteiger partial charge is 0.258 e. The minimum atomic E-state index is -0.154. The monoisotopic (exact) mass is 344 g/mol. The van der Waals surface area contributed by atoms with Crippen molar-refractivity contribution in [1.82, 2.24) is 0 Å². The van der Waals surface area contributed by atoms with Crippen molar-refractivity contribution < 1.29 is 9.59 Å². The second-order valence-electron chi connectivity index (χ2n) is 6.49. The van der Waals surface area contributed by atoms with Crippen molar-refractivity contribution in [2.24, 2.45) is 0 Å². The summed E-state index contributed by atoms with van der Waals surface area (Å²) in [6.07, 6.45) is 2.00. The number of rotatable bonds is 5. The molecule has 1 N–H and O–H groups in total. The molecular weight excluding hydrogens is 324 g/mol. The van der Waals surface area contributed by atoms with E-state index in [0.29, 0.717) is 11.1 Å². The van der Waals surface area contributed by atoms with Crippen molar-refractivity contribution in [2.45, 2.75) is 19.8 Å². The number of hydrogen-bond acceptors (Lipinski definition) is 2. The molecule has 0 bridgehead atoms. The molecule has 1 aliphatic heterocycles. The number of anilines is 2. The Bertz CT molecular complexity index is 996. The largest absolute Gasteiger partial charge is 0.321 e. The van der Waals surface area contributed by atoms with Crippen LogP contribution in [0.5, 0.6) is 0 Å². The molecule has 2 amide bonds. The number of nitrogens with one attached hydrogen (secondary N) is 1. The molecule has 26 heavy (non-hydrogen) atoms. The zero-order valence-electron chi connectivity index (χ0n) is 14.7. The summed E-state index contributed by atoms with van der Waals surface area (Å²) in [7, 11) is 0. The summed E-state index contributed by atoms with van der Waals surface area (Å²) < 4.78 is 0. The first kappa shape index (κ1) is 16.3. The number of amides is 2. The quantitative estimate of drug-likeness (QED) is 0.719. The Hall–Kier alpha value is -3.14. The fourth-order valence-corrected chi connectivity index (χ4v) is 3.48. The Morgan fingerprint density at radius 2 is 1.81 bits per heavy atom. The molecule has 0 fully saturated rings. The third kappa shape index (κ3) is 2.64. The fraction of sp³-hybridized carbons (Fsp3) is 0.182. The highest BCUT2D eigenvalue weighted by Gasteiger charge is 2.30. The van der Waals surface area contributed by atoms with Crippen LogP contribution in [0.1, 0.15) is 40.5 Å². The minimum Gasteiger partial charge on any atom is -0.321 e. The van der Waals surface area contributed by atoms with Crippen LogP contribution in [0.25, 0.3) is 10.8 Å². The Kier molecular flexibility index (Phi) is 4.17. The summed E-state index contributed by atoms with van der Waals surface area (Å²) >= 11 is 0. The van der Waals surface area contributed by atoms with Crippen LogP contribution >= 0.6 is 0 Å². The van der Waals surface area contributed by atoms with Gasteiger partial charge in [0, 0.05) is 34.1 Å². The van der Waals surface area contributed by atoms with E-state index in [1.807, 2.05) is 53.4 Å². The van der Waals surface area contributed by atoms with Crippen LogP contribution in [0.2, 0.25) is 0 Å². The van der Waals surface area contributed by atoms with E-state index in [2.05, 4.69) is 12.2 Å². The van der Waals surface area contributed by atoms with E-state index in [4.69, 9.17) is 0 Å². The predicted octanol–water partition coefficient (Wildman–Crippen LogP) is 4.85. The van der Waals surface area contributed by atoms with Crippen molar-refractivity contribution in [3.63, 3.8) is 0 Å². The molecule has 1 heterocycles. The maximum Gasteiger partial charge on any atom is 0.258 e. The first-order valence-electron chi connectivity index (χ1n) is 8.94. The molecule has 4 heteroatoms. The van der Waals surface area contributed by atoms with E-state index in [9.17, 15) is 9.59 Å². The van der Waals surface area contributed by atoms with Crippen LogP contribution in [-0.4, -0.2) is 18.4 Å². The lowest BCUT2D eigenvalue weighted by atomic mass is 10.0. The minimum absolute atomic E-state index is 0.0468. The van der Waals surface area contributed by atoms with Crippen molar-refractivity contribution in [2.75, 3.05) is 16.8 Å². The molecule has 3 aromatic rings. The van der Waals surface area contributed by atoms with E-state index in [-0.39, 0.29) is 11.8 Å². The van der Waals surface area contributed by atoms with Crippen LogP contribution in [0, 0.1) is 0 Å². The molecule has 0 saturated carbocycles. The number of carbonyl (C=O) groups excluding carboxylic acids is 2. The Morgan fingerprint density at radius 1 is 1.00 bits per heavy atom. The van der Waals surface area contributed by atoms with Gasteiger partial charge in [0.2, 0.25) is 0 Å². The van der Waals surface area contributed by atoms with Gasteiger partial charge in [-0.2, -0.15) is 0 Å². The number of unbranched alkanes of at least 4 members (excludes halogenated alkanes) is 1. The highest BCUT2D eigenvalue weighted by atomic mass is 16.2. The molecule has 0 aliphatic carbocycles. The van der Waals surface area contributed by atoms with Gasteiger partial charge in [0.15, 0.2) is 0 Å². The molecule has 0 unspecified atom stereocenters. The van der Waals surface area contributed by atoms with Gasteiger partial charge in [0.1, 0.15) is 0 Å². The van der Waals surface area contributed by atoms with Gasteiger partial charge in [-0.25, -0.2) is 0 Å². The van der Waals surface area contributed by atoms with Crippen molar-refractivity contribution >= 4 is 34.0 Å². The molecule has 0 spiro atoms. The van der Waals surface area contributed by atoms with Gasteiger partial charge in [-0.15, -0.1) is 0 Å². The van der Waals surface area contributed by atoms with Gasteiger partial charge < -0.3 is 10.2 Å². The highest BCUT2D eigenvalue weighted by Crippen LogP contribution is 2.40. The van der Waals surface area contributed by atoms with Gasteiger partial charge in [0.25, 0.3) is 11.8 Å². The summed E-state index contributed by atoms with van der Waals surface area (Å²) in [5.74, 6) is -0.107. The van der Waals surface area contributed by atoms with Crippen LogP contribution in [0.15, 0.2) is 60.7 Å². The lowest BCUT2D eigenvalue weighted by Crippen LogP contribution is -2.27. The van der Waals surface area contributed by atoms with Gasteiger partial charge >= 0.3 is 0 Å². The lowest BCUT2D eigenvalue weighted by Gasteiger charge is -2.17. The fourth-order valence-electron chi connectivity index (χ4n) is 3.48. The van der Waals surface area contributed by atoms with E-state index in [1.165, 1.54) is 0 Å². The SMILES string of the molecule is CCCCN1C(=O)c2cccc3c(NC(=O)c4ccccc4)ccc1c23. The summed E-state index contributed by atoms with van der Waals surface area (Å²) in [5, 5.41) is 4.82. The number of hydrogen-bond donors (Lipinski definition) is 1. The first-order valence-corrected chi connectivity index (χ1v) is 8.94. The summed E-state index contributed by atoms with van der Waals surface area (Å²) in [6, 6.07) is 18.7. The standard InChI is InChI=1S/C22H20N2O2/c1-2-3-14-24-19-13-12-18(23-21(25)15-8-5-4-6-9-15)16-10-7-11-17(20(16)19)22(24)26/h4-13H,2-3,14H2,1H3,(H,23,25). The molecule has 0 atom stereocenters. The summed E-state index contributed by atoms with van der Waals surface area (Å²) in [6.45, 7) is 2.83. The summed E-state index contributed by atoms with van der Waals surface area (Å²) in [4.78, 5) is 27.2. The average molecular weight is 344 g/mol. The third-order valence-electron chi connectivity index (χ3n) is 4.80. The van der Waals surface area contributed by atoms with Gasteiger partial charge in [-0.1, -0.05) is 43.7 Å². The van der Waals surface area contributed by atoms with Gasteiger partial charge in [0.05, 0.1) is 5.69 Å². The van der Waals surface area contributed by atoms with Crippen LogP contribution in [0.3, 0.4) is 0 Å². The van der Waals surface area contributed by atoms with Gasteiger partial charge in [-0.3, -0.25) is 9.59 Å².